The van der Waals surface area contributed by atoms with Crippen LogP contribution in [0.1, 0.15) is 24.8 Å². The number of nitrogens with zero attached hydrogens (tertiary/aromatic N) is 3. The number of hydrogen-bond acceptors (Lipinski definition) is 6. The maximum absolute atomic E-state index is 13.4. The zero-order valence-electron chi connectivity index (χ0n) is 17.2. The fourth-order valence-corrected chi connectivity index (χ4v) is 4.97. The predicted molar refractivity (Wildman–Crippen MR) is 119 cm³/mol. The molecule has 0 unspecified atom stereocenters. The Bertz CT molecular complexity index is 1160. The lowest BCUT2D eigenvalue weighted by molar-refractivity contribution is 0.346. The van der Waals surface area contributed by atoms with Crippen LogP contribution in [-0.4, -0.2) is 35.8 Å². The summed E-state index contributed by atoms with van der Waals surface area (Å²) in [6.45, 7) is 2.84. The Morgan fingerprint density at radius 1 is 0.935 bits per heavy atom. The van der Waals surface area contributed by atoms with Crippen LogP contribution in [0.3, 0.4) is 0 Å². The van der Waals surface area contributed by atoms with Crippen LogP contribution in [0.15, 0.2) is 59.6 Å². The summed E-state index contributed by atoms with van der Waals surface area (Å²) in [7, 11) is -3.46. The van der Waals surface area contributed by atoms with E-state index in [1.54, 1.807) is 59.9 Å². The summed E-state index contributed by atoms with van der Waals surface area (Å²) in [6.07, 6.45) is 4.48. The van der Waals surface area contributed by atoms with E-state index in [0.29, 0.717) is 36.1 Å². The number of nitrogens with one attached hydrogen (secondary N) is 2. The van der Waals surface area contributed by atoms with Gasteiger partial charge in [0.15, 0.2) is 0 Å². The zero-order chi connectivity index (χ0) is 21.8. The SMILES string of the molecule is Cc1cc(Nc2ccnc(Nc3ccc(S(=O)(=O)N4CCCCC4)cc3)n2)ccc1F. The molecule has 0 radical (unpaired) electrons. The molecular formula is C22H24FN5O2S. The minimum atomic E-state index is -3.46. The van der Waals surface area contributed by atoms with E-state index in [0.717, 1.165) is 24.9 Å². The molecule has 0 aliphatic carbocycles. The maximum Gasteiger partial charge on any atom is 0.243 e. The molecule has 1 saturated heterocycles. The van der Waals surface area contributed by atoms with Gasteiger partial charge in [-0.05, 0) is 73.9 Å². The molecule has 0 saturated carbocycles. The number of sulfonamides is 1. The second-order valence-corrected chi connectivity index (χ2v) is 9.41. The van der Waals surface area contributed by atoms with Crippen molar-refractivity contribution in [3.05, 3.63) is 66.1 Å². The molecule has 1 aliphatic rings. The molecule has 2 aromatic carbocycles. The van der Waals surface area contributed by atoms with E-state index in [1.165, 1.54) is 6.07 Å². The van der Waals surface area contributed by atoms with Crippen molar-refractivity contribution in [1.82, 2.24) is 14.3 Å². The van der Waals surface area contributed by atoms with Gasteiger partial charge in [-0.1, -0.05) is 6.42 Å². The molecular weight excluding hydrogens is 417 g/mol. The highest BCUT2D eigenvalue weighted by Gasteiger charge is 2.25. The standard InChI is InChI=1S/C22H24FN5O2S/c1-16-15-18(7-10-20(16)23)25-21-11-12-24-22(27-21)26-17-5-8-19(9-6-17)31(29,30)28-13-3-2-4-14-28/h5-12,15H,2-4,13-14H2,1H3,(H2,24,25,26,27). The first-order chi connectivity index (χ1) is 14.9. The summed E-state index contributed by atoms with van der Waals surface area (Å²) >= 11 is 0. The molecule has 31 heavy (non-hydrogen) atoms. The predicted octanol–water partition coefficient (Wildman–Crippen LogP) is 4.59. The van der Waals surface area contributed by atoms with Gasteiger partial charge in [-0.2, -0.15) is 9.29 Å². The summed E-state index contributed by atoms with van der Waals surface area (Å²) < 4.78 is 40.5. The molecule has 0 spiro atoms. The molecule has 0 amide bonds. The molecule has 2 heterocycles. The molecule has 162 valence electrons. The van der Waals surface area contributed by atoms with Crippen molar-refractivity contribution >= 4 is 33.2 Å². The van der Waals surface area contributed by atoms with Gasteiger partial charge in [0, 0.05) is 30.7 Å². The van der Waals surface area contributed by atoms with Gasteiger partial charge in [0.05, 0.1) is 4.90 Å². The summed E-state index contributed by atoms with van der Waals surface area (Å²) in [6, 6.07) is 13.0. The Hall–Kier alpha value is -3.04. The summed E-state index contributed by atoms with van der Waals surface area (Å²) in [5.74, 6) is 0.643. The van der Waals surface area contributed by atoms with Gasteiger partial charge in [-0.3, -0.25) is 0 Å². The van der Waals surface area contributed by atoms with Crippen LogP contribution in [-0.2, 0) is 10.0 Å². The monoisotopic (exact) mass is 441 g/mol. The highest BCUT2D eigenvalue weighted by Crippen LogP contribution is 2.23. The second kappa shape index (κ2) is 8.99. The summed E-state index contributed by atoms with van der Waals surface area (Å²) in [5.41, 5.74) is 1.93. The molecule has 3 aromatic rings. The smallest absolute Gasteiger partial charge is 0.243 e. The first kappa shape index (κ1) is 21.2. The van der Waals surface area contributed by atoms with Crippen molar-refractivity contribution < 1.29 is 12.8 Å². The van der Waals surface area contributed by atoms with Crippen molar-refractivity contribution in [3.63, 3.8) is 0 Å². The quantitative estimate of drug-likeness (QED) is 0.582. The van der Waals surface area contributed by atoms with Gasteiger partial charge in [0.25, 0.3) is 0 Å². The second-order valence-electron chi connectivity index (χ2n) is 7.47. The highest BCUT2D eigenvalue weighted by atomic mass is 32.2. The van der Waals surface area contributed by atoms with Crippen LogP contribution in [0.2, 0.25) is 0 Å². The largest absolute Gasteiger partial charge is 0.340 e. The average molecular weight is 442 g/mol. The number of rotatable bonds is 6. The Balaban J connectivity index is 1.45. The third-order valence-corrected chi connectivity index (χ3v) is 7.06. The van der Waals surface area contributed by atoms with Gasteiger partial charge in [-0.25, -0.2) is 17.8 Å². The number of aromatic nitrogens is 2. The lowest BCUT2D eigenvalue weighted by atomic mass is 10.2. The van der Waals surface area contributed by atoms with E-state index in [1.807, 2.05) is 0 Å². The van der Waals surface area contributed by atoms with E-state index in [2.05, 4.69) is 20.6 Å². The maximum atomic E-state index is 13.4. The van der Waals surface area contributed by atoms with Crippen molar-refractivity contribution in [3.8, 4) is 0 Å². The Kier molecular flexibility index (Phi) is 6.15. The Morgan fingerprint density at radius 2 is 1.65 bits per heavy atom. The summed E-state index contributed by atoms with van der Waals surface area (Å²) in [4.78, 5) is 8.89. The number of aryl methyl sites for hydroxylation is 1. The van der Waals surface area contributed by atoms with Gasteiger partial charge in [0.1, 0.15) is 11.6 Å². The molecule has 0 bridgehead atoms. The lowest BCUT2D eigenvalue weighted by Gasteiger charge is -2.25. The number of hydrogen-bond donors (Lipinski definition) is 2. The first-order valence-electron chi connectivity index (χ1n) is 10.2. The van der Waals surface area contributed by atoms with Gasteiger partial charge >= 0.3 is 0 Å². The van der Waals surface area contributed by atoms with E-state index in [-0.39, 0.29) is 10.7 Å². The Labute approximate surface area is 181 Å². The number of halogens is 1. The molecule has 9 heteroatoms. The molecule has 4 rings (SSSR count). The summed E-state index contributed by atoms with van der Waals surface area (Å²) in [5, 5.41) is 6.20. The molecule has 2 N–H and O–H groups in total. The van der Waals surface area contributed by atoms with Crippen LogP contribution >= 0.6 is 0 Å². The van der Waals surface area contributed by atoms with E-state index >= 15 is 0 Å². The molecule has 1 aromatic heterocycles. The number of benzene rings is 2. The first-order valence-corrected chi connectivity index (χ1v) is 11.6. The third-order valence-electron chi connectivity index (χ3n) is 5.15. The number of anilines is 4. The van der Waals surface area contributed by atoms with Crippen LogP contribution in [0, 0.1) is 12.7 Å². The Morgan fingerprint density at radius 3 is 2.35 bits per heavy atom. The highest BCUT2D eigenvalue weighted by molar-refractivity contribution is 7.89. The molecule has 7 nitrogen and oxygen atoms in total. The van der Waals surface area contributed by atoms with E-state index in [9.17, 15) is 12.8 Å². The van der Waals surface area contributed by atoms with Crippen molar-refractivity contribution in [2.75, 3.05) is 23.7 Å². The third kappa shape index (κ3) is 5.00. The zero-order valence-corrected chi connectivity index (χ0v) is 18.0. The van der Waals surface area contributed by atoms with Gasteiger partial charge in [0.2, 0.25) is 16.0 Å². The molecule has 1 aliphatic heterocycles. The van der Waals surface area contributed by atoms with Crippen LogP contribution in [0.4, 0.5) is 27.5 Å². The minimum Gasteiger partial charge on any atom is -0.340 e. The number of piperidine rings is 1. The van der Waals surface area contributed by atoms with Crippen molar-refractivity contribution in [1.29, 1.82) is 0 Å². The molecule has 0 atom stereocenters. The van der Waals surface area contributed by atoms with Crippen LogP contribution in [0.5, 0.6) is 0 Å². The van der Waals surface area contributed by atoms with E-state index in [4.69, 9.17) is 0 Å². The minimum absolute atomic E-state index is 0.263. The molecule has 1 fully saturated rings. The van der Waals surface area contributed by atoms with Gasteiger partial charge < -0.3 is 10.6 Å². The van der Waals surface area contributed by atoms with Crippen LogP contribution < -0.4 is 10.6 Å². The van der Waals surface area contributed by atoms with Crippen molar-refractivity contribution in [2.45, 2.75) is 31.1 Å². The average Bonchev–Trinajstić information content (AvgIpc) is 2.78. The van der Waals surface area contributed by atoms with Gasteiger partial charge in [-0.15, -0.1) is 0 Å². The normalized spacial score (nSPS) is 14.9. The van der Waals surface area contributed by atoms with Crippen molar-refractivity contribution in [2.24, 2.45) is 0 Å². The topological polar surface area (TPSA) is 87.2 Å². The fraction of sp³-hybridized carbons (Fsp3) is 0.273. The van der Waals surface area contributed by atoms with Crippen LogP contribution in [0.25, 0.3) is 0 Å². The fourth-order valence-electron chi connectivity index (χ4n) is 3.45. The van der Waals surface area contributed by atoms with E-state index < -0.39 is 10.0 Å². The lowest BCUT2D eigenvalue weighted by Crippen LogP contribution is -2.35.